The van der Waals surface area contributed by atoms with Gasteiger partial charge in [0.2, 0.25) is 0 Å². The molecule has 0 amide bonds. The molecular weight excluding hydrogens is 248 g/mol. The van der Waals surface area contributed by atoms with Gasteiger partial charge in [0.05, 0.1) is 6.10 Å². The summed E-state index contributed by atoms with van der Waals surface area (Å²) in [5, 5.41) is 0. The van der Waals surface area contributed by atoms with Crippen LogP contribution in [0.5, 0.6) is 0 Å². The fourth-order valence-electron chi connectivity index (χ4n) is 2.64. The second-order valence-electron chi connectivity index (χ2n) is 6.38. The minimum absolute atomic E-state index is 0.274. The van der Waals surface area contributed by atoms with Crippen LogP contribution in [0.1, 0.15) is 66.2 Å². The number of carbonyl (C=O) groups excluding carboxylic acids is 1. The van der Waals surface area contributed by atoms with Crippen molar-refractivity contribution >= 4 is 5.78 Å². The van der Waals surface area contributed by atoms with Crippen molar-refractivity contribution in [3.8, 4) is 0 Å². The third kappa shape index (κ3) is 7.64. The number of ether oxygens (including phenoxy) is 1. The van der Waals surface area contributed by atoms with Gasteiger partial charge in [-0.25, -0.2) is 0 Å². The van der Waals surface area contributed by atoms with E-state index < -0.39 is 0 Å². The lowest BCUT2D eigenvalue weighted by Crippen LogP contribution is -2.05. The Morgan fingerprint density at radius 3 is 2.35 bits per heavy atom. The monoisotopic (exact) mass is 278 g/mol. The molecule has 0 aromatic heterocycles. The maximum atomic E-state index is 10.9. The molecule has 0 N–H and O–H groups in total. The normalized spacial score (nSPS) is 24.2. The number of ketones is 1. The molecule has 1 aliphatic heterocycles. The first kappa shape index (κ1) is 17.2. The Morgan fingerprint density at radius 2 is 1.75 bits per heavy atom. The minimum Gasteiger partial charge on any atom is -0.378 e. The van der Waals surface area contributed by atoms with E-state index in [4.69, 9.17) is 4.74 Å². The molecule has 2 nitrogen and oxygen atoms in total. The number of rotatable bonds is 8. The summed E-state index contributed by atoms with van der Waals surface area (Å²) in [6.07, 6.45) is 11.0. The van der Waals surface area contributed by atoms with Crippen molar-refractivity contribution in [2.24, 2.45) is 5.92 Å². The highest BCUT2D eigenvalue weighted by molar-refractivity contribution is 5.75. The molecule has 0 bridgehead atoms. The van der Waals surface area contributed by atoms with Crippen LogP contribution < -0.4 is 0 Å². The van der Waals surface area contributed by atoms with E-state index in [-0.39, 0.29) is 5.78 Å². The summed E-state index contributed by atoms with van der Waals surface area (Å²) in [4.78, 5) is 10.9. The Balaban J connectivity index is 2.20. The second-order valence-corrected chi connectivity index (χ2v) is 6.38. The predicted molar refractivity (Wildman–Crippen MR) is 84.8 cm³/mol. The Hall–Kier alpha value is -0.890. The average molecular weight is 278 g/mol. The molecule has 20 heavy (non-hydrogen) atoms. The van der Waals surface area contributed by atoms with E-state index >= 15 is 0 Å². The van der Waals surface area contributed by atoms with Crippen LogP contribution in [0.3, 0.4) is 0 Å². The molecule has 0 aliphatic carbocycles. The summed E-state index contributed by atoms with van der Waals surface area (Å²) >= 11 is 0. The van der Waals surface area contributed by atoms with Crippen molar-refractivity contribution < 1.29 is 9.53 Å². The summed E-state index contributed by atoms with van der Waals surface area (Å²) in [5.41, 5.74) is 2.83. The average Bonchev–Trinajstić information content (AvgIpc) is 2.74. The maximum absolute atomic E-state index is 10.9. The topological polar surface area (TPSA) is 26.3 Å². The molecule has 2 unspecified atom stereocenters. The quantitative estimate of drug-likeness (QED) is 0.594. The first-order valence-electron chi connectivity index (χ1n) is 7.89. The van der Waals surface area contributed by atoms with E-state index in [9.17, 15) is 4.79 Å². The molecule has 0 saturated carbocycles. The van der Waals surface area contributed by atoms with Gasteiger partial charge in [0.15, 0.2) is 0 Å². The van der Waals surface area contributed by atoms with Crippen molar-refractivity contribution in [1.82, 2.24) is 0 Å². The van der Waals surface area contributed by atoms with Crippen LogP contribution in [0.4, 0.5) is 0 Å². The third-order valence-electron chi connectivity index (χ3n) is 3.85. The highest BCUT2D eigenvalue weighted by Gasteiger charge is 2.21. The molecule has 1 heterocycles. The summed E-state index contributed by atoms with van der Waals surface area (Å²) < 4.78 is 5.75. The van der Waals surface area contributed by atoms with Crippen molar-refractivity contribution in [3.05, 3.63) is 23.3 Å². The number of hydrogen-bond donors (Lipinski definition) is 0. The van der Waals surface area contributed by atoms with E-state index in [2.05, 4.69) is 32.9 Å². The van der Waals surface area contributed by atoms with Crippen molar-refractivity contribution in [1.29, 1.82) is 0 Å². The number of Topliss-reactive ketones (excluding diaryl/α,β-unsaturated/α-hetero) is 1. The van der Waals surface area contributed by atoms with E-state index in [1.807, 2.05) is 0 Å². The van der Waals surface area contributed by atoms with E-state index in [0.29, 0.717) is 12.5 Å². The number of allylic oxidation sites excluding steroid dienone is 3. The predicted octanol–water partition coefficient (Wildman–Crippen LogP) is 4.84. The molecule has 2 atom stereocenters. The molecule has 0 aromatic rings. The van der Waals surface area contributed by atoms with Gasteiger partial charge < -0.3 is 9.53 Å². The van der Waals surface area contributed by atoms with Gasteiger partial charge in [-0.3, -0.25) is 0 Å². The van der Waals surface area contributed by atoms with Gasteiger partial charge in [0.1, 0.15) is 5.78 Å². The minimum atomic E-state index is 0.274. The largest absolute Gasteiger partial charge is 0.378 e. The molecule has 2 heteroatoms. The lowest BCUT2D eigenvalue weighted by molar-refractivity contribution is -0.116. The van der Waals surface area contributed by atoms with Crippen molar-refractivity contribution in [2.45, 2.75) is 72.3 Å². The van der Waals surface area contributed by atoms with Crippen molar-refractivity contribution in [3.63, 3.8) is 0 Å². The van der Waals surface area contributed by atoms with Crippen LogP contribution in [-0.2, 0) is 9.53 Å². The third-order valence-corrected chi connectivity index (χ3v) is 3.85. The highest BCUT2D eigenvalue weighted by atomic mass is 16.5. The SMILES string of the molecule is CC(=O)CCC=C(C)CCC=C(C)CC1CC(C)CO1. The Bertz CT molecular complexity index is 366. The second kappa shape index (κ2) is 9.12. The molecular formula is C18H30O2. The van der Waals surface area contributed by atoms with Crippen LogP contribution in [0, 0.1) is 5.92 Å². The van der Waals surface area contributed by atoms with Crippen LogP contribution in [0.25, 0.3) is 0 Å². The molecule has 0 radical (unpaired) electrons. The summed E-state index contributed by atoms with van der Waals surface area (Å²) in [6.45, 7) is 9.21. The zero-order chi connectivity index (χ0) is 15.0. The molecule has 0 aromatic carbocycles. The van der Waals surface area contributed by atoms with Gasteiger partial charge in [0, 0.05) is 13.0 Å². The summed E-state index contributed by atoms with van der Waals surface area (Å²) in [7, 11) is 0. The van der Waals surface area contributed by atoms with Gasteiger partial charge in [-0.1, -0.05) is 30.2 Å². The fraction of sp³-hybridized carbons (Fsp3) is 0.722. The molecule has 1 aliphatic rings. The highest BCUT2D eigenvalue weighted by Crippen LogP contribution is 2.24. The molecule has 1 fully saturated rings. The Morgan fingerprint density at radius 1 is 1.10 bits per heavy atom. The molecule has 1 rings (SSSR count). The zero-order valence-corrected chi connectivity index (χ0v) is 13.6. The standard InChI is InChI=1S/C18H30O2/c1-14(8-6-10-17(4)19)7-5-9-15(2)11-18-12-16(3)13-20-18/h8-9,16,18H,5-7,10-13H2,1-4H3. The molecule has 114 valence electrons. The van der Waals surface area contributed by atoms with Crippen molar-refractivity contribution in [2.75, 3.05) is 6.61 Å². The van der Waals surface area contributed by atoms with Crippen LogP contribution in [0.2, 0.25) is 0 Å². The number of hydrogen-bond acceptors (Lipinski definition) is 2. The molecule has 1 saturated heterocycles. The van der Waals surface area contributed by atoms with Crippen LogP contribution in [0.15, 0.2) is 23.3 Å². The van der Waals surface area contributed by atoms with Gasteiger partial charge in [-0.15, -0.1) is 0 Å². The maximum Gasteiger partial charge on any atom is 0.130 e. The zero-order valence-electron chi connectivity index (χ0n) is 13.6. The first-order valence-corrected chi connectivity index (χ1v) is 7.89. The number of carbonyl (C=O) groups is 1. The van der Waals surface area contributed by atoms with Gasteiger partial charge in [0.25, 0.3) is 0 Å². The van der Waals surface area contributed by atoms with Gasteiger partial charge in [-0.05, 0) is 58.8 Å². The van der Waals surface area contributed by atoms with Crippen LogP contribution >= 0.6 is 0 Å². The van der Waals surface area contributed by atoms with Gasteiger partial charge in [-0.2, -0.15) is 0 Å². The molecule has 0 spiro atoms. The first-order chi connectivity index (χ1) is 9.47. The summed E-state index contributed by atoms with van der Waals surface area (Å²) in [6, 6.07) is 0. The summed E-state index contributed by atoms with van der Waals surface area (Å²) in [5.74, 6) is 0.995. The van der Waals surface area contributed by atoms with E-state index in [1.54, 1.807) is 6.92 Å². The lowest BCUT2D eigenvalue weighted by atomic mass is 10.0. The smallest absolute Gasteiger partial charge is 0.130 e. The van der Waals surface area contributed by atoms with E-state index in [1.165, 1.54) is 17.6 Å². The van der Waals surface area contributed by atoms with Gasteiger partial charge >= 0.3 is 0 Å². The fourth-order valence-corrected chi connectivity index (χ4v) is 2.64. The van der Waals surface area contributed by atoms with Crippen LogP contribution in [-0.4, -0.2) is 18.5 Å². The lowest BCUT2D eigenvalue weighted by Gasteiger charge is -2.09. The Kier molecular flexibility index (Phi) is 7.83. The Labute approximate surface area is 124 Å². The van der Waals surface area contributed by atoms with E-state index in [0.717, 1.165) is 38.2 Å².